The van der Waals surface area contributed by atoms with Gasteiger partial charge in [-0.1, -0.05) is 54.6 Å². The fraction of sp³-hybridized carbons (Fsp3) is 0.241. The molecule has 34 heavy (non-hydrogen) atoms. The zero-order chi connectivity index (χ0) is 23.5. The van der Waals surface area contributed by atoms with Gasteiger partial charge in [0.25, 0.3) is 11.8 Å². The number of benzene rings is 3. The molecule has 0 aliphatic carbocycles. The van der Waals surface area contributed by atoms with E-state index in [9.17, 15) is 9.59 Å². The largest absolute Gasteiger partial charge is 0.449 e. The molecule has 3 aromatic carbocycles. The monoisotopic (exact) mass is 452 g/mol. The molecular formula is C29H28N2O3. The van der Waals surface area contributed by atoms with Crippen LogP contribution in [0.4, 0.5) is 5.69 Å². The van der Waals surface area contributed by atoms with Crippen LogP contribution >= 0.6 is 0 Å². The van der Waals surface area contributed by atoms with E-state index in [1.807, 2.05) is 59.5 Å². The van der Waals surface area contributed by atoms with E-state index in [1.54, 1.807) is 18.0 Å². The van der Waals surface area contributed by atoms with E-state index in [1.165, 1.54) is 5.56 Å². The summed E-state index contributed by atoms with van der Waals surface area (Å²) in [6.07, 6.45) is 4.85. The number of likely N-dealkylation sites (N-methyl/N-ethyl adjacent to an activating group) is 1. The van der Waals surface area contributed by atoms with Crippen molar-refractivity contribution in [3.05, 3.63) is 101 Å². The summed E-state index contributed by atoms with van der Waals surface area (Å²) in [7, 11) is 1.74. The number of likely N-dealkylation sites (tertiary alicyclic amines) is 1. The molecule has 5 heteroatoms. The lowest BCUT2D eigenvalue weighted by molar-refractivity contribution is -0.117. The van der Waals surface area contributed by atoms with Crippen molar-refractivity contribution in [3.63, 3.8) is 0 Å². The van der Waals surface area contributed by atoms with Crippen LogP contribution in [0, 0.1) is 5.92 Å². The van der Waals surface area contributed by atoms with Crippen LogP contribution in [0.2, 0.25) is 0 Å². The molecule has 2 aliphatic heterocycles. The molecule has 0 radical (unpaired) electrons. The number of piperidine rings is 1. The third-order valence-corrected chi connectivity index (χ3v) is 6.69. The van der Waals surface area contributed by atoms with Crippen molar-refractivity contribution in [2.45, 2.75) is 19.3 Å². The highest BCUT2D eigenvalue weighted by Crippen LogP contribution is 2.34. The molecule has 0 saturated carbocycles. The molecule has 1 saturated heterocycles. The van der Waals surface area contributed by atoms with Crippen molar-refractivity contribution in [3.8, 4) is 5.75 Å². The zero-order valence-corrected chi connectivity index (χ0v) is 19.3. The molecule has 1 fully saturated rings. The van der Waals surface area contributed by atoms with Gasteiger partial charge in [-0.15, -0.1) is 0 Å². The normalized spacial score (nSPS) is 17.4. The average Bonchev–Trinajstić information content (AvgIpc) is 2.88. The van der Waals surface area contributed by atoms with Gasteiger partial charge in [-0.25, -0.2) is 0 Å². The Morgan fingerprint density at radius 3 is 2.35 bits per heavy atom. The molecule has 3 aromatic rings. The molecule has 2 aliphatic rings. The molecule has 0 aromatic heterocycles. The lowest BCUT2D eigenvalue weighted by Gasteiger charge is -2.32. The number of nitrogens with zero attached hydrogens (tertiary/aromatic N) is 2. The number of carbonyl (C=O) groups is 2. The first-order chi connectivity index (χ1) is 16.6. The summed E-state index contributed by atoms with van der Waals surface area (Å²) in [5, 5.41) is 0. The van der Waals surface area contributed by atoms with Crippen molar-refractivity contribution < 1.29 is 14.3 Å². The predicted octanol–water partition coefficient (Wildman–Crippen LogP) is 5.18. The number of fused-ring (bicyclic) bond motifs is 1. The van der Waals surface area contributed by atoms with Crippen molar-refractivity contribution in [1.29, 1.82) is 0 Å². The lowest BCUT2D eigenvalue weighted by Crippen LogP contribution is -2.38. The van der Waals surface area contributed by atoms with Crippen LogP contribution in [0.25, 0.3) is 6.08 Å². The van der Waals surface area contributed by atoms with E-state index < -0.39 is 0 Å². The summed E-state index contributed by atoms with van der Waals surface area (Å²) >= 11 is 0. The fourth-order valence-electron chi connectivity index (χ4n) is 4.69. The van der Waals surface area contributed by atoms with Crippen LogP contribution in [0.5, 0.6) is 5.75 Å². The number of carbonyl (C=O) groups excluding carboxylic acids is 2. The van der Waals surface area contributed by atoms with Crippen LogP contribution in [0.3, 0.4) is 0 Å². The Labute approximate surface area is 200 Å². The van der Waals surface area contributed by atoms with Gasteiger partial charge in [0.05, 0.1) is 5.69 Å². The highest BCUT2D eigenvalue weighted by molar-refractivity contribution is 6.09. The molecular weight excluding hydrogens is 424 g/mol. The van der Waals surface area contributed by atoms with E-state index in [-0.39, 0.29) is 17.6 Å². The summed E-state index contributed by atoms with van der Waals surface area (Å²) in [6.45, 7) is 1.58. The van der Waals surface area contributed by atoms with Gasteiger partial charge in [-0.05, 0) is 66.6 Å². The molecule has 2 amide bonds. The number of anilines is 1. The molecule has 0 N–H and O–H groups in total. The van der Waals surface area contributed by atoms with Crippen LogP contribution in [-0.4, -0.2) is 36.9 Å². The molecule has 0 atom stereocenters. The van der Waals surface area contributed by atoms with Crippen LogP contribution in [0.15, 0.2) is 84.6 Å². The number of rotatable bonds is 4. The molecule has 0 spiro atoms. The number of hydrogen-bond acceptors (Lipinski definition) is 3. The van der Waals surface area contributed by atoms with Gasteiger partial charge in [-0.2, -0.15) is 0 Å². The maximum absolute atomic E-state index is 13.0. The summed E-state index contributed by atoms with van der Waals surface area (Å²) in [6, 6.07) is 25.4. The van der Waals surface area contributed by atoms with Crippen LogP contribution < -0.4 is 9.64 Å². The highest BCUT2D eigenvalue weighted by atomic mass is 16.5. The Morgan fingerprint density at radius 2 is 1.62 bits per heavy atom. The van der Waals surface area contributed by atoms with E-state index >= 15 is 0 Å². The van der Waals surface area contributed by atoms with E-state index in [2.05, 4.69) is 24.3 Å². The molecule has 5 rings (SSSR count). The SMILES string of the molecule is CN1C(=O)C(=Cc2ccc(C(=O)N3CCC(Cc4ccccc4)CC3)cc2)Oc2ccccc21. The van der Waals surface area contributed by atoms with Gasteiger partial charge in [0.2, 0.25) is 0 Å². The lowest BCUT2D eigenvalue weighted by atomic mass is 9.90. The minimum atomic E-state index is -0.197. The standard InChI is InChI=1S/C29H28N2O3/c1-30-25-9-5-6-10-26(25)34-27(29(30)33)20-22-11-13-24(14-12-22)28(32)31-17-15-23(16-18-31)19-21-7-3-2-4-8-21/h2-14,20,23H,15-19H2,1H3. The third kappa shape index (κ3) is 4.60. The molecule has 0 bridgehead atoms. The van der Waals surface area contributed by atoms with Crippen molar-refractivity contribution in [1.82, 2.24) is 4.90 Å². The van der Waals surface area contributed by atoms with Crippen LogP contribution in [0.1, 0.15) is 34.3 Å². The summed E-state index contributed by atoms with van der Waals surface area (Å²) in [5.41, 5.74) is 3.60. The average molecular weight is 453 g/mol. The molecule has 5 nitrogen and oxygen atoms in total. The maximum atomic E-state index is 13.0. The number of amides is 2. The Morgan fingerprint density at radius 1 is 0.941 bits per heavy atom. The Kier molecular flexibility index (Phi) is 6.17. The first-order valence-electron chi connectivity index (χ1n) is 11.8. The molecule has 0 unspecified atom stereocenters. The van der Waals surface area contributed by atoms with Crippen molar-refractivity contribution in [2.24, 2.45) is 5.92 Å². The van der Waals surface area contributed by atoms with E-state index in [4.69, 9.17) is 4.74 Å². The van der Waals surface area contributed by atoms with Gasteiger partial charge in [0.1, 0.15) is 0 Å². The first-order valence-corrected chi connectivity index (χ1v) is 11.8. The van der Waals surface area contributed by atoms with Crippen molar-refractivity contribution in [2.75, 3.05) is 25.0 Å². The second-order valence-corrected chi connectivity index (χ2v) is 8.99. The van der Waals surface area contributed by atoms with Gasteiger partial charge in [0.15, 0.2) is 11.5 Å². The number of hydrogen-bond donors (Lipinski definition) is 0. The van der Waals surface area contributed by atoms with Gasteiger partial charge >= 0.3 is 0 Å². The highest BCUT2D eigenvalue weighted by Gasteiger charge is 2.27. The molecule has 172 valence electrons. The molecule has 2 heterocycles. The summed E-state index contributed by atoms with van der Waals surface area (Å²) < 4.78 is 5.84. The number of para-hydroxylation sites is 2. The minimum Gasteiger partial charge on any atom is -0.449 e. The summed E-state index contributed by atoms with van der Waals surface area (Å²) in [4.78, 5) is 29.3. The van der Waals surface area contributed by atoms with Gasteiger partial charge in [-0.3, -0.25) is 9.59 Å². The van der Waals surface area contributed by atoms with Crippen LogP contribution in [-0.2, 0) is 11.2 Å². The zero-order valence-electron chi connectivity index (χ0n) is 19.3. The smallest absolute Gasteiger partial charge is 0.293 e. The van der Waals surface area contributed by atoms with Crippen molar-refractivity contribution >= 4 is 23.6 Å². The Balaban J connectivity index is 1.22. The maximum Gasteiger partial charge on any atom is 0.293 e. The Hall–Kier alpha value is -3.86. The predicted molar refractivity (Wildman–Crippen MR) is 134 cm³/mol. The number of ether oxygens (including phenoxy) is 1. The second kappa shape index (κ2) is 9.56. The first kappa shape index (κ1) is 22.0. The fourth-order valence-corrected chi connectivity index (χ4v) is 4.69. The minimum absolute atomic E-state index is 0.0658. The topological polar surface area (TPSA) is 49.9 Å². The van der Waals surface area contributed by atoms with Gasteiger partial charge in [0, 0.05) is 25.7 Å². The van der Waals surface area contributed by atoms with Gasteiger partial charge < -0.3 is 14.5 Å². The second-order valence-electron chi connectivity index (χ2n) is 8.99. The third-order valence-electron chi connectivity index (χ3n) is 6.69. The quantitative estimate of drug-likeness (QED) is 0.513. The Bertz CT molecular complexity index is 1210. The van der Waals surface area contributed by atoms with E-state index in [0.717, 1.165) is 43.6 Å². The van der Waals surface area contributed by atoms with E-state index in [0.29, 0.717) is 17.2 Å². The summed E-state index contributed by atoms with van der Waals surface area (Å²) in [5.74, 6) is 1.41.